The molecule has 0 aliphatic carbocycles. The first kappa shape index (κ1) is 10.1. The summed E-state index contributed by atoms with van der Waals surface area (Å²) in [7, 11) is 0. The number of benzene rings is 1. The van der Waals surface area contributed by atoms with Gasteiger partial charge in [0.1, 0.15) is 0 Å². The van der Waals surface area contributed by atoms with E-state index in [2.05, 4.69) is 6.07 Å². The lowest BCUT2D eigenvalue weighted by molar-refractivity contribution is 0.818. The maximum Gasteiger partial charge on any atom is 0.0710 e. The lowest BCUT2D eigenvalue weighted by atomic mass is 9.97. The zero-order chi connectivity index (χ0) is 9.84. The standard InChI is InChI=1S/C11H12ClN/c1-3-9(7-13)10-5-4-8(2)11(12)6-10/h4-6,9H,3H2,1-2H3. The molecule has 0 aliphatic heterocycles. The van der Waals surface area contributed by atoms with E-state index in [1.54, 1.807) is 0 Å². The molecular formula is C11H12ClN. The van der Waals surface area contributed by atoms with Crippen molar-refractivity contribution in [3.8, 4) is 6.07 Å². The summed E-state index contributed by atoms with van der Waals surface area (Å²) in [5.74, 6) is -0.0295. The molecule has 0 saturated carbocycles. The van der Waals surface area contributed by atoms with Crippen molar-refractivity contribution in [2.24, 2.45) is 0 Å². The van der Waals surface area contributed by atoms with Gasteiger partial charge in [-0.15, -0.1) is 0 Å². The lowest BCUT2D eigenvalue weighted by Gasteiger charge is -2.07. The first-order valence-corrected chi connectivity index (χ1v) is 4.72. The van der Waals surface area contributed by atoms with E-state index in [1.165, 1.54) is 0 Å². The van der Waals surface area contributed by atoms with Gasteiger partial charge in [-0.1, -0.05) is 30.7 Å². The minimum Gasteiger partial charge on any atom is -0.198 e. The van der Waals surface area contributed by atoms with Gasteiger partial charge in [0.25, 0.3) is 0 Å². The van der Waals surface area contributed by atoms with Gasteiger partial charge < -0.3 is 0 Å². The van der Waals surface area contributed by atoms with E-state index in [-0.39, 0.29) is 5.92 Å². The van der Waals surface area contributed by atoms with Crippen LogP contribution in [0.3, 0.4) is 0 Å². The van der Waals surface area contributed by atoms with E-state index in [0.717, 1.165) is 22.6 Å². The monoisotopic (exact) mass is 193 g/mol. The van der Waals surface area contributed by atoms with Crippen molar-refractivity contribution in [3.63, 3.8) is 0 Å². The summed E-state index contributed by atoms with van der Waals surface area (Å²) in [6.07, 6.45) is 0.829. The molecule has 0 heterocycles. The number of nitrogens with zero attached hydrogens (tertiary/aromatic N) is 1. The average molecular weight is 194 g/mol. The van der Waals surface area contributed by atoms with Gasteiger partial charge in [0, 0.05) is 5.02 Å². The molecule has 2 heteroatoms. The predicted molar refractivity (Wildman–Crippen MR) is 54.8 cm³/mol. The molecule has 0 amide bonds. The van der Waals surface area contributed by atoms with Crippen LogP contribution in [0.15, 0.2) is 18.2 Å². The van der Waals surface area contributed by atoms with E-state index in [0.29, 0.717) is 0 Å². The van der Waals surface area contributed by atoms with Gasteiger partial charge in [-0.3, -0.25) is 0 Å². The molecule has 1 aromatic rings. The fourth-order valence-electron chi connectivity index (χ4n) is 1.23. The molecule has 0 saturated heterocycles. The molecule has 1 rings (SSSR count). The summed E-state index contributed by atoms with van der Waals surface area (Å²) >= 11 is 5.96. The Bertz CT molecular complexity index is 338. The van der Waals surface area contributed by atoms with Gasteiger partial charge in [-0.25, -0.2) is 0 Å². The van der Waals surface area contributed by atoms with Crippen molar-refractivity contribution in [1.82, 2.24) is 0 Å². The highest BCUT2D eigenvalue weighted by Crippen LogP contribution is 2.24. The number of hydrogen-bond acceptors (Lipinski definition) is 1. The summed E-state index contributed by atoms with van der Waals surface area (Å²) in [6, 6.07) is 8.07. The highest BCUT2D eigenvalue weighted by molar-refractivity contribution is 6.31. The van der Waals surface area contributed by atoms with Gasteiger partial charge >= 0.3 is 0 Å². The van der Waals surface area contributed by atoms with Gasteiger partial charge in [0.05, 0.1) is 12.0 Å². The maximum absolute atomic E-state index is 8.85. The summed E-state index contributed by atoms with van der Waals surface area (Å²) in [6.45, 7) is 3.96. The first-order valence-electron chi connectivity index (χ1n) is 4.34. The second-order valence-corrected chi connectivity index (χ2v) is 3.51. The van der Waals surface area contributed by atoms with Crippen LogP contribution >= 0.6 is 11.6 Å². The second-order valence-electron chi connectivity index (χ2n) is 3.10. The zero-order valence-electron chi connectivity index (χ0n) is 7.84. The van der Waals surface area contributed by atoms with Crippen molar-refractivity contribution in [2.75, 3.05) is 0 Å². The van der Waals surface area contributed by atoms with Crippen LogP contribution in [0.25, 0.3) is 0 Å². The SMILES string of the molecule is CCC(C#N)c1ccc(C)c(Cl)c1. The van der Waals surface area contributed by atoms with Crippen LogP contribution in [0.5, 0.6) is 0 Å². The number of nitriles is 1. The Kier molecular flexibility index (Phi) is 3.33. The zero-order valence-corrected chi connectivity index (χ0v) is 8.60. The van der Waals surface area contributed by atoms with Crippen LogP contribution in [0.1, 0.15) is 30.4 Å². The molecule has 1 atom stereocenters. The van der Waals surface area contributed by atoms with E-state index in [9.17, 15) is 0 Å². The lowest BCUT2D eigenvalue weighted by Crippen LogP contribution is -1.93. The van der Waals surface area contributed by atoms with Crippen molar-refractivity contribution >= 4 is 11.6 Å². The highest BCUT2D eigenvalue weighted by Gasteiger charge is 2.08. The Morgan fingerprint density at radius 2 is 2.23 bits per heavy atom. The van der Waals surface area contributed by atoms with Crippen LogP contribution in [0.2, 0.25) is 5.02 Å². The Balaban J connectivity index is 3.04. The minimum atomic E-state index is -0.0295. The molecule has 68 valence electrons. The van der Waals surface area contributed by atoms with Crippen molar-refractivity contribution in [1.29, 1.82) is 5.26 Å². The molecule has 0 aliphatic rings. The molecule has 0 spiro atoms. The molecule has 1 aromatic carbocycles. The molecule has 0 bridgehead atoms. The Morgan fingerprint density at radius 1 is 1.54 bits per heavy atom. The second kappa shape index (κ2) is 4.30. The summed E-state index contributed by atoms with van der Waals surface area (Å²) < 4.78 is 0. The molecule has 0 N–H and O–H groups in total. The number of hydrogen-bond donors (Lipinski definition) is 0. The van der Waals surface area contributed by atoms with Crippen molar-refractivity contribution in [3.05, 3.63) is 34.3 Å². The number of aryl methyl sites for hydroxylation is 1. The van der Waals surface area contributed by atoms with Gasteiger partial charge in [-0.2, -0.15) is 5.26 Å². The Labute approximate surface area is 84.0 Å². The number of rotatable bonds is 2. The van der Waals surface area contributed by atoms with E-state index in [4.69, 9.17) is 16.9 Å². The first-order chi connectivity index (χ1) is 6.19. The predicted octanol–water partition coefficient (Wildman–Crippen LogP) is 3.67. The minimum absolute atomic E-state index is 0.0295. The maximum atomic E-state index is 8.85. The van der Waals surface area contributed by atoms with E-state index < -0.39 is 0 Å². The van der Waals surface area contributed by atoms with Gasteiger partial charge in [0.15, 0.2) is 0 Å². The normalized spacial score (nSPS) is 12.2. The summed E-state index contributed by atoms with van der Waals surface area (Å²) in [5, 5.41) is 9.59. The summed E-state index contributed by atoms with van der Waals surface area (Å²) in [5.41, 5.74) is 2.07. The summed E-state index contributed by atoms with van der Waals surface area (Å²) in [4.78, 5) is 0. The third kappa shape index (κ3) is 2.23. The topological polar surface area (TPSA) is 23.8 Å². The fraction of sp³-hybridized carbons (Fsp3) is 0.364. The van der Waals surface area contributed by atoms with Gasteiger partial charge in [0.2, 0.25) is 0 Å². The average Bonchev–Trinajstić information content (AvgIpc) is 2.13. The van der Waals surface area contributed by atoms with Crippen LogP contribution < -0.4 is 0 Å². The molecule has 13 heavy (non-hydrogen) atoms. The van der Waals surface area contributed by atoms with E-state index in [1.807, 2.05) is 32.0 Å². The largest absolute Gasteiger partial charge is 0.198 e. The van der Waals surface area contributed by atoms with Crippen LogP contribution in [-0.2, 0) is 0 Å². The Hall–Kier alpha value is -1.00. The molecule has 0 radical (unpaired) electrons. The van der Waals surface area contributed by atoms with Crippen LogP contribution in [-0.4, -0.2) is 0 Å². The molecular weight excluding hydrogens is 182 g/mol. The smallest absolute Gasteiger partial charge is 0.0710 e. The molecule has 0 fully saturated rings. The van der Waals surface area contributed by atoms with Crippen LogP contribution in [0, 0.1) is 18.3 Å². The fourth-order valence-corrected chi connectivity index (χ4v) is 1.42. The Morgan fingerprint density at radius 3 is 2.69 bits per heavy atom. The third-order valence-corrected chi connectivity index (χ3v) is 2.57. The van der Waals surface area contributed by atoms with Crippen molar-refractivity contribution in [2.45, 2.75) is 26.2 Å². The van der Waals surface area contributed by atoms with Crippen LogP contribution in [0.4, 0.5) is 0 Å². The third-order valence-electron chi connectivity index (χ3n) is 2.16. The van der Waals surface area contributed by atoms with Crippen molar-refractivity contribution < 1.29 is 0 Å². The molecule has 0 aromatic heterocycles. The number of halogens is 1. The molecule has 1 unspecified atom stereocenters. The molecule has 1 nitrogen and oxygen atoms in total. The van der Waals surface area contributed by atoms with E-state index >= 15 is 0 Å². The van der Waals surface area contributed by atoms with Gasteiger partial charge in [-0.05, 0) is 30.5 Å². The quantitative estimate of drug-likeness (QED) is 0.703. The highest BCUT2D eigenvalue weighted by atomic mass is 35.5.